The van der Waals surface area contributed by atoms with Crippen LogP contribution in [0.25, 0.3) is 6.08 Å². The predicted octanol–water partition coefficient (Wildman–Crippen LogP) is 4.06. The van der Waals surface area contributed by atoms with E-state index in [9.17, 15) is 19.3 Å². The van der Waals surface area contributed by atoms with Crippen LogP contribution in [0.3, 0.4) is 0 Å². The molecule has 0 radical (unpaired) electrons. The summed E-state index contributed by atoms with van der Waals surface area (Å²) in [5, 5.41) is 13.4. The second kappa shape index (κ2) is 9.17. The number of carbonyl (C=O) groups is 1. The first-order chi connectivity index (χ1) is 12.1. The molecule has 0 aromatic heterocycles. The summed E-state index contributed by atoms with van der Waals surface area (Å²) in [5.74, 6) is -0.548. The van der Waals surface area contributed by atoms with E-state index in [1.54, 1.807) is 6.08 Å². The third-order valence-electron chi connectivity index (χ3n) is 3.28. The average molecular weight is 344 g/mol. The first kappa shape index (κ1) is 18.1. The second-order valence-electron chi connectivity index (χ2n) is 5.14. The summed E-state index contributed by atoms with van der Waals surface area (Å²) in [6.45, 7) is 0.477. The van der Waals surface area contributed by atoms with Gasteiger partial charge in [0.05, 0.1) is 10.5 Å². The van der Waals surface area contributed by atoms with Crippen LogP contribution in [0.4, 0.5) is 14.9 Å². The van der Waals surface area contributed by atoms with Gasteiger partial charge in [-0.1, -0.05) is 42.5 Å². The molecule has 0 aliphatic heterocycles. The first-order valence-electron chi connectivity index (χ1n) is 7.61. The molecule has 7 heteroatoms. The van der Waals surface area contributed by atoms with Crippen LogP contribution in [0.5, 0.6) is 0 Å². The smallest absolute Gasteiger partial charge is 0.407 e. The quantitative estimate of drug-likeness (QED) is 0.466. The minimum absolute atomic E-state index is 0.173. The van der Waals surface area contributed by atoms with Gasteiger partial charge in [-0.15, -0.1) is 0 Å². The molecule has 2 aromatic carbocycles. The van der Waals surface area contributed by atoms with Crippen LogP contribution in [0.15, 0.2) is 54.6 Å². The molecule has 0 saturated heterocycles. The number of halogens is 1. The lowest BCUT2D eigenvalue weighted by Crippen LogP contribution is -2.24. The van der Waals surface area contributed by atoms with E-state index in [4.69, 9.17) is 4.74 Å². The Kier molecular flexibility index (Phi) is 6.65. The zero-order valence-electron chi connectivity index (χ0n) is 13.4. The lowest BCUT2D eigenvalue weighted by atomic mass is 10.1. The van der Waals surface area contributed by atoms with Gasteiger partial charge in [0.25, 0.3) is 5.69 Å². The number of rotatable bonds is 7. The highest BCUT2D eigenvalue weighted by Crippen LogP contribution is 2.20. The predicted molar refractivity (Wildman–Crippen MR) is 91.3 cm³/mol. The fourth-order valence-corrected chi connectivity index (χ4v) is 2.07. The maximum absolute atomic E-state index is 13.2. The van der Waals surface area contributed by atoms with E-state index >= 15 is 0 Å². The standard InChI is InChI=1S/C18H17FN2O4/c19-16-9-10-17(21(23)24)15(12-16)8-4-5-11-20-18(22)25-13-14-6-2-1-3-7-14/h1-4,6-10,12H,5,11,13H2,(H,20,22). The van der Waals surface area contributed by atoms with Gasteiger partial charge in [0, 0.05) is 12.6 Å². The fourth-order valence-electron chi connectivity index (χ4n) is 2.07. The number of nitrogens with one attached hydrogen (secondary N) is 1. The summed E-state index contributed by atoms with van der Waals surface area (Å²) in [5.41, 5.74) is 0.889. The van der Waals surface area contributed by atoms with Gasteiger partial charge in [-0.3, -0.25) is 10.1 Å². The van der Waals surface area contributed by atoms with Crippen LogP contribution < -0.4 is 5.32 Å². The zero-order valence-corrected chi connectivity index (χ0v) is 13.4. The maximum atomic E-state index is 13.2. The summed E-state index contributed by atoms with van der Waals surface area (Å²) in [7, 11) is 0. The molecule has 6 nitrogen and oxygen atoms in total. The number of alkyl carbamates (subject to hydrolysis) is 1. The highest BCUT2D eigenvalue weighted by molar-refractivity contribution is 5.67. The van der Waals surface area contributed by atoms with Crippen molar-refractivity contribution in [2.45, 2.75) is 13.0 Å². The van der Waals surface area contributed by atoms with Gasteiger partial charge >= 0.3 is 6.09 Å². The van der Waals surface area contributed by atoms with E-state index in [2.05, 4.69) is 5.32 Å². The molecule has 130 valence electrons. The molecule has 0 aliphatic rings. The van der Waals surface area contributed by atoms with Crippen LogP contribution >= 0.6 is 0 Å². The summed E-state index contributed by atoms with van der Waals surface area (Å²) in [6.07, 6.45) is 2.96. The van der Waals surface area contributed by atoms with Crippen LogP contribution in [-0.4, -0.2) is 17.6 Å². The normalized spacial score (nSPS) is 10.6. The minimum atomic E-state index is -0.571. The van der Waals surface area contributed by atoms with E-state index in [0.717, 1.165) is 23.8 Å². The number of hydrogen-bond acceptors (Lipinski definition) is 4. The molecular weight excluding hydrogens is 327 g/mol. The number of nitro groups is 1. The van der Waals surface area contributed by atoms with Gasteiger partial charge in [-0.05, 0) is 24.1 Å². The molecule has 0 fully saturated rings. The minimum Gasteiger partial charge on any atom is -0.445 e. The van der Waals surface area contributed by atoms with Crippen molar-refractivity contribution in [2.75, 3.05) is 6.54 Å². The Morgan fingerprint density at radius 2 is 2.00 bits per heavy atom. The van der Waals surface area contributed by atoms with Crippen molar-refractivity contribution >= 4 is 17.9 Å². The van der Waals surface area contributed by atoms with E-state index in [1.807, 2.05) is 30.3 Å². The monoisotopic (exact) mass is 344 g/mol. The molecule has 0 bridgehead atoms. The van der Waals surface area contributed by atoms with E-state index in [-0.39, 0.29) is 17.9 Å². The lowest BCUT2D eigenvalue weighted by Gasteiger charge is -2.05. The van der Waals surface area contributed by atoms with Crippen LogP contribution in [0.2, 0.25) is 0 Å². The van der Waals surface area contributed by atoms with Crippen molar-refractivity contribution in [1.82, 2.24) is 5.32 Å². The molecule has 0 heterocycles. The topological polar surface area (TPSA) is 81.5 Å². The van der Waals surface area contributed by atoms with E-state index in [0.29, 0.717) is 13.0 Å². The maximum Gasteiger partial charge on any atom is 0.407 e. The van der Waals surface area contributed by atoms with Gasteiger partial charge in [0.2, 0.25) is 0 Å². The average Bonchev–Trinajstić information content (AvgIpc) is 2.60. The number of benzene rings is 2. The number of nitro benzene ring substituents is 1. The number of hydrogen-bond donors (Lipinski definition) is 1. The summed E-state index contributed by atoms with van der Waals surface area (Å²) >= 11 is 0. The first-order valence-corrected chi connectivity index (χ1v) is 7.61. The number of ether oxygens (including phenoxy) is 1. The Bertz CT molecular complexity index is 763. The largest absolute Gasteiger partial charge is 0.445 e. The molecule has 1 N–H and O–H groups in total. The van der Waals surface area contributed by atoms with Crippen molar-refractivity contribution in [2.24, 2.45) is 0 Å². The summed E-state index contributed by atoms with van der Waals surface area (Å²) in [6, 6.07) is 12.5. The van der Waals surface area contributed by atoms with Gasteiger partial charge in [0.15, 0.2) is 0 Å². The molecule has 0 aliphatic carbocycles. The van der Waals surface area contributed by atoms with Crippen molar-refractivity contribution in [3.8, 4) is 0 Å². The Balaban J connectivity index is 1.75. The molecule has 0 atom stereocenters. The Morgan fingerprint density at radius 1 is 1.24 bits per heavy atom. The number of nitrogens with zero attached hydrogens (tertiary/aromatic N) is 1. The summed E-state index contributed by atoms with van der Waals surface area (Å²) in [4.78, 5) is 21.8. The van der Waals surface area contributed by atoms with Crippen molar-refractivity contribution in [3.05, 3.63) is 81.7 Å². The van der Waals surface area contributed by atoms with Crippen LogP contribution in [0, 0.1) is 15.9 Å². The lowest BCUT2D eigenvalue weighted by molar-refractivity contribution is -0.385. The van der Waals surface area contributed by atoms with Crippen molar-refractivity contribution in [1.29, 1.82) is 0 Å². The zero-order chi connectivity index (χ0) is 18.1. The number of carbonyl (C=O) groups excluding carboxylic acids is 1. The molecule has 1 amide bonds. The van der Waals surface area contributed by atoms with Gasteiger partial charge in [-0.2, -0.15) is 0 Å². The Hall–Kier alpha value is -3.22. The molecule has 25 heavy (non-hydrogen) atoms. The molecule has 0 unspecified atom stereocenters. The van der Waals surface area contributed by atoms with Gasteiger partial charge in [-0.25, -0.2) is 9.18 Å². The van der Waals surface area contributed by atoms with Gasteiger partial charge in [0.1, 0.15) is 12.4 Å². The molecule has 0 spiro atoms. The van der Waals surface area contributed by atoms with E-state index < -0.39 is 16.8 Å². The highest BCUT2D eigenvalue weighted by Gasteiger charge is 2.11. The third-order valence-corrected chi connectivity index (χ3v) is 3.28. The van der Waals surface area contributed by atoms with Gasteiger partial charge < -0.3 is 10.1 Å². The van der Waals surface area contributed by atoms with Crippen LogP contribution in [0.1, 0.15) is 17.5 Å². The fraction of sp³-hybridized carbons (Fsp3) is 0.167. The number of amides is 1. The molecule has 2 rings (SSSR count). The van der Waals surface area contributed by atoms with E-state index in [1.165, 1.54) is 6.08 Å². The Labute approximate surface area is 144 Å². The Morgan fingerprint density at radius 3 is 2.72 bits per heavy atom. The molecular formula is C18H17FN2O4. The molecule has 0 saturated carbocycles. The summed E-state index contributed by atoms with van der Waals surface area (Å²) < 4.78 is 18.2. The van der Waals surface area contributed by atoms with Crippen LogP contribution in [-0.2, 0) is 11.3 Å². The third kappa shape index (κ3) is 6.06. The second-order valence-corrected chi connectivity index (χ2v) is 5.14. The van der Waals surface area contributed by atoms with Crippen molar-refractivity contribution < 1.29 is 18.8 Å². The van der Waals surface area contributed by atoms with Crippen molar-refractivity contribution in [3.63, 3.8) is 0 Å². The molecule has 2 aromatic rings. The SMILES string of the molecule is O=C(NCCC=Cc1cc(F)ccc1[N+](=O)[O-])OCc1ccccc1. The highest BCUT2D eigenvalue weighted by atomic mass is 19.1.